The molecule has 2 aromatic heterocycles. The molecule has 3 fully saturated rings. The Morgan fingerprint density at radius 1 is 1.13 bits per heavy atom. The first kappa shape index (κ1) is 23.0. The Bertz CT molecular complexity index is 844. The number of ether oxygens (including phenoxy) is 2. The van der Waals surface area contributed by atoms with E-state index in [-0.39, 0.29) is 23.4 Å². The van der Waals surface area contributed by atoms with Crippen LogP contribution in [0.5, 0.6) is 5.75 Å². The molecule has 2 saturated carbocycles. The molecule has 0 amide bonds. The molecule has 0 unspecified atom stereocenters. The molecule has 2 spiro atoms. The molecule has 5 rings (SSSR count). The van der Waals surface area contributed by atoms with Gasteiger partial charge in [-0.3, -0.25) is 4.98 Å². The Morgan fingerprint density at radius 2 is 1.97 bits per heavy atom. The highest BCUT2D eigenvalue weighted by atomic mass is 35.5. The van der Waals surface area contributed by atoms with Gasteiger partial charge in [0.15, 0.2) is 0 Å². The summed E-state index contributed by atoms with van der Waals surface area (Å²) in [7, 11) is 1.75. The van der Waals surface area contributed by atoms with Crippen LogP contribution in [-0.4, -0.2) is 30.8 Å². The second kappa shape index (κ2) is 9.38. The first-order chi connectivity index (χ1) is 14.7. The summed E-state index contributed by atoms with van der Waals surface area (Å²) in [5, 5.41) is 5.78. The van der Waals surface area contributed by atoms with Crippen molar-refractivity contribution in [2.75, 3.05) is 20.3 Å². The van der Waals surface area contributed by atoms with Crippen molar-refractivity contribution in [1.82, 2.24) is 10.3 Å². The van der Waals surface area contributed by atoms with Crippen molar-refractivity contribution in [2.24, 2.45) is 5.41 Å². The van der Waals surface area contributed by atoms with Crippen molar-refractivity contribution < 1.29 is 9.47 Å². The second-order valence-corrected chi connectivity index (χ2v) is 10.9. The molecule has 2 aromatic rings. The number of hydrogen-bond acceptors (Lipinski definition) is 5. The van der Waals surface area contributed by atoms with E-state index in [0.29, 0.717) is 5.41 Å². The molecule has 31 heavy (non-hydrogen) atoms. The fourth-order valence-corrected chi connectivity index (χ4v) is 7.47. The molecule has 3 aliphatic rings. The first-order valence-electron chi connectivity index (χ1n) is 11.5. The van der Waals surface area contributed by atoms with Gasteiger partial charge in [0.1, 0.15) is 5.75 Å². The van der Waals surface area contributed by atoms with Crippen LogP contribution in [0.3, 0.4) is 0 Å². The lowest BCUT2D eigenvalue weighted by molar-refractivity contribution is -0.165. The molecular weight excluding hydrogens is 428 g/mol. The number of pyridine rings is 1. The second-order valence-electron chi connectivity index (χ2n) is 9.85. The summed E-state index contributed by atoms with van der Waals surface area (Å²) in [5.41, 5.74) is 2.17. The van der Waals surface area contributed by atoms with Crippen LogP contribution >= 0.6 is 23.7 Å². The molecular formula is C25H35ClN2O2S. The van der Waals surface area contributed by atoms with Gasteiger partial charge in [0.05, 0.1) is 17.6 Å². The number of aromatic nitrogens is 1. The van der Waals surface area contributed by atoms with Gasteiger partial charge in [0, 0.05) is 30.5 Å². The van der Waals surface area contributed by atoms with Crippen LogP contribution in [0, 0.1) is 5.41 Å². The SMILES string of the molecule is COc1ccsc1CNCCC1(c2ccccn2)CC2(CCOC3(CCCC3)C2)C1.Cl. The third-order valence-electron chi connectivity index (χ3n) is 7.88. The van der Waals surface area contributed by atoms with Gasteiger partial charge in [-0.25, -0.2) is 0 Å². The van der Waals surface area contributed by atoms with E-state index in [1.54, 1.807) is 18.4 Å². The zero-order chi connectivity index (χ0) is 20.5. The van der Waals surface area contributed by atoms with E-state index in [9.17, 15) is 0 Å². The topological polar surface area (TPSA) is 43.4 Å². The maximum atomic E-state index is 6.35. The molecule has 0 aromatic carbocycles. The van der Waals surface area contributed by atoms with E-state index < -0.39 is 0 Å². The number of rotatable bonds is 7. The average molecular weight is 463 g/mol. The minimum absolute atomic E-state index is 0. The molecule has 0 radical (unpaired) electrons. The Morgan fingerprint density at radius 3 is 2.71 bits per heavy atom. The third kappa shape index (κ3) is 4.52. The van der Waals surface area contributed by atoms with Gasteiger partial charge in [-0.05, 0) is 80.5 Å². The maximum Gasteiger partial charge on any atom is 0.134 e. The number of methoxy groups -OCH3 is 1. The summed E-state index contributed by atoms with van der Waals surface area (Å²) < 4.78 is 11.8. The monoisotopic (exact) mass is 462 g/mol. The van der Waals surface area contributed by atoms with Crippen molar-refractivity contribution >= 4 is 23.7 Å². The summed E-state index contributed by atoms with van der Waals surface area (Å²) in [5.74, 6) is 0.999. The highest BCUT2D eigenvalue weighted by molar-refractivity contribution is 7.10. The van der Waals surface area contributed by atoms with Crippen LogP contribution < -0.4 is 10.1 Å². The smallest absolute Gasteiger partial charge is 0.134 e. The fraction of sp³-hybridized carbons (Fsp3) is 0.640. The fourth-order valence-electron chi connectivity index (χ4n) is 6.66. The molecule has 0 atom stereocenters. The van der Waals surface area contributed by atoms with Gasteiger partial charge in [-0.2, -0.15) is 0 Å². The molecule has 2 aliphatic carbocycles. The van der Waals surface area contributed by atoms with Crippen molar-refractivity contribution in [2.45, 2.75) is 75.3 Å². The lowest BCUT2D eigenvalue weighted by Crippen LogP contribution is -2.57. The minimum Gasteiger partial charge on any atom is -0.496 e. The minimum atomic E-state index is 0. The molecule has 1 saturated heterocycles. The Hall–Kier alpha value is -1.14. The van der Waals surface area contributed by atoms with E-state index in [2.05, 4.69) is 28.9 Å². The molecule has 0 bridgehead atoms. The Kier molecular flexibility index (Phi) is 6.97. The highest BCUT2D eigenvalue weighted by Crippen LogP contribution is 2.64. The predicted molar refractivity (Wildman–Crippen MR) is 128 cm³/mol. The van der Waals surface area contributed by atoms with Gasteiger partial charge in [-0.1, -0.05) is 18.9 Å². The van der Waals surface area contributed by atoms with Crippen molar-refractivity contribution in [3.63, 3.8) is 0 Å². The van der Waals surface area contributed by atoms with Crippen LogP contribution in [0.1, 0.15) is 68.4 Å². The van der Waals surface area contributed by atoms with Gasteiger partial charge >= 0.3 is 0 Å². The zero-order valence-electron chi connectivity index (χ0n) is 18.5. The average Bonchev–Trinajstić information content (AvgIpc) is 3.39. The number of thiophene rings is 1. The van der Waals surface area contributed by atoms with Crippen LogP contribution in [0.2, 0.25) is 0 Å². The molecule has 4 nitrogen and oxygen atoms in total. The van der Waals surface area contributed by atoms with Crippen LogP contribution in [0.4, 0.5) is 0 Å². The predicted octanol–water partition coefficient (Wildman–Crippen LogP) is 5.89. The number of halogens is 1. The summed E-state index contributed by atoms with van der Waals surface area (Å²) >= 11 is 1.76. The van der Waals surface area contributed by atoms with Crippen LogP contribution in [-0.2, 0) is 16.7 Å². The summed E-state index contributed by atoms with van der Waals surface area (Å²) in [6.45, 7) is 2.84. The summed E-state index contributed by atoms with van der Waals surface area (Å²) in [6, 6.07) is 8.49. The molecule has 1 N–H and O–H groups in total. The van der Waals surface area contributed by atoms with Gasteiger partial charge in [0.25, 0.3) is 0 Å². The largest absolute Gasteiger partial charge is 0.496 e. The normalized spacial score (nSPS) is 28.9. The molecule has 3 heterocycles. The van der Waals surface area contributed by atoms with Crippen molar-refractivity contribution in [3.8, 4) is 5.75 Å². The summed E-state index contributed by atoms with van der Waals surface area (Å²) in [6.07, 6.45) is 13.4. The number of nitrogens with zero attached hydrogens (tertiary/aromatic N) is 1. The number of nitrogens with one attached hydrogen (secondary N) is 1. The zero-order valence-corrected chi connectivity index (χ0v) is 20.2. The molecule has 1 aliphatic heterocycles. The number of hydrogen-bond donors (Lipinski definition) is 1. The molecule has 6 heteroatoms. The lowest BCUT2D eigenvalue weighted by Gasteiger charge is -2.61. The van der Waals surface area contributed by atoms with E-state index >= 15 is 0 Å². The Balaban J connectivity index is 0.00000231. The van der Waals surface area contributed by atoms with Crippen LogP contribution in [0.15, 0.2) is 35.8 Å². The van der Waals surface area contributed by atoms with Crippen LogP contribution in [0.25, 0.3) is 0 Å². The van der Waals surface area contributed by atoms with Gasteiger partial charge in [-0.15, -0.1) is 23.7 Å². The van der Waals surface area contributed by atoms with E-state index in [0.717, 1.165) is 31.9 Å². The maximum absolute atomic E-state index is 6.35. The van der Waals surface area contributed by atoms with Gasteiger partial charge < -0.3 is 14.8 Å². The first-order valence-corrected chi connectivity index (χ1v) is 12.4. The quantitative estimate of drug-likeness (QED) is 0.520. The standard InChI is InChI=1S/C25H34N2O2S.ClH/c1-28-20-7-15-30-21(20)16-26-13-10-24(22-6-2-5-12-27-22)17-23(18-24)11-14-29-25(19-23)8-3-4-9-25;/h2,5-7,12,15,26H,3-4,8-11,13-14,16-19H2,1H3;1H. The summed E-state index contributed by atoms with van der Waals surface area (Å²) in [4.78, 5) is 6.10. The Labute approximate surface area is 196 Å². The highest BCUT2D eigenvalue weighted by Gasteiger charge is 2.59. The van der Waals surface area contributed by atoms with E-state index in [4.69, 9.17) is 14.5 Å². The molecule has 170 valence electrons. The van der Waals surface area contributed by atoms with Crippen molar-refractivity contribution in [1.29, 1.82) is 0 Å². The lowest BCUT2D eigenvalue weighted by atomic mass is 9.46. The van der Waals surface area contributed by atoms with Gasteiger partial charge in [0.2, 0.25) is 0 Å². The van der Waals surface area contributed by atoms with Crippen molar-refractivity contribution in [3.05, 3.63) is 46.4 Å². The van der Waals surface area contributed by atoms with E-state index in [1.807, 2.05) is 12.3 Å². The van der Waals surface area contributed by atoms with E-state index in [1.165, 1.54) is 61.9 Å². The third-order valence-corrected chi connectivity index (χ3v) is 8.78.